The van der Waals surface area contributed by atoms with Crippen LogP contribution in [0.2, 0.25) is 0 Å². The third kappa shape index (κ3) is 3.65. The molecule has 114 valence electrons. The van der Waals surface area contributed by atoms with Gasteiger partial charge in [-0.25, -0.2) is 4.68 Å². The van der Waals surface area contributed by atoms with Gasteiger partial charge in [-0.1, -0.05) is 0 Å². The van der Waals surface area contributed by atoms with Crippen LogP contribution in [0.25, 0.3) is 0 Å². The maximum atomic E-state index is 12.9. The van der Waals surface area contributed by atoms with Gasteiger partial charge in [0.1, 0.15) is 5.82 Å². The Labute approximate surface area is 119 Å². The van der Waals surface area contributed by atoms with Crippen LogP contribution in [0.3, 0.4) is 0 Å². The van der Waals surface area contributed by atoms with Crippen LogP contribution in [-0.4, -0.2) is 21.3 Å². The van der Waals surface area contributed by atoms with Crippen molar-refractivity contribution >= 4 is 5.82 Å². The summed E-state index contributed by atoms with van der Waals surface area (Å²) in [6, 6.07) is 3.43. The first-order chi connectivity index (χ1) is 9.79. The molecule has 0 radical (unpaired) electrons. The molecule has 0 aliphatic rings. The van der Waals surface area contributed by atoms with Crippen molar-refractivity contribution in [3.8, 4) is 11.8 Å². The van der Waals surface area contributed by atoms with Crippen LogP contribution in [0.15, 0.2) is 18.2 Å². The van der Waals surface area contributed by atoms with Crippen molar-refractivity contribution in [2.75, 3.05) is 11.9 Å². The number of hydrogen-bond acceptors (Lipinski definition) is 4. The van der Waals surface area contributed by atoms with E-state index in [0.717, 1.165) is 12.1 Å². The number of aryl methyl sites for hydroxylation is 2. The maximum absolute atomic E-state index is 12.9. The first-order valence-corrected chi connectivity index (χ1v) is 6.31. The molecular weight excluding hydrogens is 285 g/mol. The fourth-order valence-corrected chi connectivity index (χ4v) is 1.78. The third-order valence-electron chi connectivity index (χ3n) is 2.66. The molecule has 2 rings (SSSR count). The van der Waals surface area contributed by atoms with Crippen LogP contribution in [0.4, 0.5) is 19.0 Å². The molecule has 0 amide bonds. The Bertz CT molecular complexity index is 637. The lowest BCUT2D eigenvalue weighted by Gasteiger charge is -2.12. The van der Waals surface area contributed by atoms with E-state index in [2.05, 4.69) is 15.4 Å². The van der Waals surface area contributed by atoms with Gasteiger partial charge in [0.15, 0.2) is 0 Å². The van der Waals surface area contributed by atoms with Crippen molar-refractivity contribution in [2.24, 2.45) is 7.05 Å². The number of anilines is 1. The standard InChI is InChI=1S/C13H15F3N4O/c1-4-17-10-6-9(13(14,15)16)7-11(18-10)21-12-5-8(2)19-20(12)3/h5-7H,4H2,1-3H3,(H,17,18). The minimum Gasteiger partial charge on any atom is -0.421 e. The Balaban J connectivity index is 2.38. The number of nitrogens with one attached hydrogen (secondary N) is 1. The van der Waals surface area contributed by atoms with Crippen LogP contribution in [0.5, 0.6) is 11.8 Å². The molecule has 0 aromatic carbocycles. The second-order valence-corrected chi connectivity index (χ2v) is 4.46. The fourth-order valence-electron chi connectivity index (χ4n) is 1.78. The highest BCUT2D eigenvalue weighted by atomic mass is 19.4. The van der Waals surface area contributed by atoms with E-state index in [1.165, 1.54) is 4.68 Å². The Morgan fingerprint density at radius 2 is 2.00 bits per heavy atom. The molecule has 0 aliphatic heterocycles. The number of hydrogen-bond donors (Lipinski definition) is 1. The van der Waals surface area contributed by atoms with Crippen molar-refractivity contribution in [1.29, 1.82) is 0 Å². The van der Waals surface area contributed by atoms with Crippen molar-refractivity contribution < 1.29 is 17.9 Å². The minimum atomic E-state index is -4.46. The van der Waals surface area contributed by atoms with Crippen LogP contribution < -0.4 is 10.1 Å². The Morgan fingerprint density at radius 3 is 2.52 bits per heavy atom. The van der Waals surface area contributed by atoms with Gasteiger partial charge in [0.05, 0.1) is 11.3 Å². The second-order valence-electron chi connectivity index (χ2n) is 4.46. The summed E-state index contributed by atoms with van der Waals surface area (Å²) in [6.07, 6.45) is -4.46. The van der Waals surface area contributed by atoms with E-state index in [1.807, 2.05) is 0 Å². The molecule has 2 heterocycles. The van der Waals surface area contributed by atoms with Crippen LogP contribution >= 0.6 is 0 Å². The number of nitrogens with zero attached hydrogens (tertiary/aromatic N) is 3. The molecule has 0 saturated carbocycles. The zero-order valence-corrected chi connectivity index (χ0v) is 11.8. The average molecular weight is 300 g/mol. The summed E-state index contributed by atoms with van der Waals surface area (Å²) in [7, 11) is 1.64. The van der Waals surface area contributed by atoms with E-state index >= 15 is 0 Å². The highest BCUT2D eigenvalue weighted by molar-refractivity contribution is 5.43. The van der Waals surface area contributed by atoms with Crippen molar-refractivity contribution in [3.63, 3.8) is 0 Å². The van der Waals surface area contributed by atoms with E-state index in [1.54, 1.807) is 27.0 Å². The number of halogens is 3. The highest BCUT2D eigenvalue weighted by Crippen LogP contribution is 2.33. The SMILES string of the molecule is CCNc1cc(C(F)(F)F)cc(Oc2cc(C)nn2C)n1. The molecule has 5 nitrogen and oxygen atoms in total. The Kier molecular flexibility index (Phi) is 4.06. The summed E-state index contributed by atoms with van der Waals surface area (Å²) in [5.41, 5.74) is -0.117. The molecule has 0 unspecified atom stereocenters. The highest BCUT2D eigenvalue weighted by Gasteiger charge is 2.32. The number of rotatable bonds is 4. The smallest absolute Gasteiger partial charge is 0.416 e. The van der Waals surface area contributed by atoms with Gasteiger partial charge in [-0.2, -0.15) is 23.3 Å². The molecule has 1 N–H and O–H groups in total. The molecule has 0 fully saturated rings. The zero-order valence-electron chi connectivity index (χ0n) is 11.8. The van der Waals surface area contributed by atoms with Gasteiger partial charge in [0, 0.05) is 25.7 Å². The van der Waals surface area contributed by atoms with Crippen molar-refractivity contribution in [3.05, 3.63) is 29.5 Å². The maximum Gasteiger partial charge on any atom is 0.416 e. The van der Waals surface area contributed by atoms with Gasteiger partial charge in [-0.3, -0.25) is 0 Å². The number of alkyl halides is 3. The van der Waals surface area contributed by atoms with Crippen LogP contribution in [0.1, 0.15) is 18.2 Å². The molecule has 2 aromatic heterocycles. The normalized spacial score (nSPS) is 11.5. The summed E-state index contributed by atoms with van der Waals surface area (Å²) in [5.74, 6) is 0.298. The van der Waals surface area contributed by atoms with E-state index in [0.29, 0.717) is 18.1 Å². The van der Waals surface area contributed by atoms with Gasteiger partial charge >= 0.3 is 6.18 Å². The summed E-state index contributed by atoms with van der Waals surface area (Å²) < 4.78 is 45.5. The zero-order chi connectivity index (χ0) is 15.6. The first-order valence-electron chi connectivity index (χ1n) is 6.31. The van der Waals surface area contributed by atoms with Crippen LogP contribution in [-0.2, 0) is 13.2 Å². The summed E-state index contributed by atoms with van der Waals surface area (Å²) in [4.78, 5) is 4.01. The fraction of sp³-hybridized carbons (Fsp3) is 0.385. The molecule has 0 atom stereocenters. The average Bonchev–Trinajstić information content (AvgIpc) is 2.67. The molecule has 0 saturated heterocycles. The lowest BCUT2D eigenvalue weighted by molar-refractivity contribution is -0.137. The lowest BCUT2D eigenvalue weighted by atomic mass is 10.2. The van der Waals surface area contributed by atoms with E-state index in [4.69, 9.17) is 4.74 Å². The van der Waals surface area contributed by atoms with Gasteiger partial charge in [0.25, 0.3) is 0 Å². The molecule has 8 heteroatoms. The van der Waals surface area contributed by atoms with E-state index in [9.17, 15) is 13.2 Å². The Hall–Kier alpha value is -2.25. The predicted molar refractivity (Wildman–Crippen MR) is 71.4 cm³/mol. The topological polar surface area (TPSA) is 52.0 Å². The monoisotopic (exact) mass is 300 g/mol. The predicted octanol–water partition coefficient (Wildman–Crippen LogP) is 3.37. The van der Waals surface area contributed by atoms with E-state index < -0.39 is 11.7 Å². The summed E-state index contributed by atoms with van der Waals surface area (Å²) in [6.45, 7) is 3.99. The quantitative estimate of drug-likeness (QED) is 0.940. The summed E-state index contributed by atoms with van der Waals surface area (Å²) in [5, 5.41) is 6.82. The molecule has 0 aliphatic carbocycles. The number of aromatic nitrogens is 3. The lowest BCUT2D eigenvalue weighted by Crippen LogP contribution is -2.09. The number of pyridine rings is 1. The molecule has 2 aromatic rings. The minimum absolute atomic E-state index is 0.112. The third-order valence-corrected chi connectivity index (χ3v) is 2.66. The molecule has 0 bridgehead atoms. The van der Waals surface area contributed by atoms with Gasteiger partial charge in [-0.15, -0.1) is 0 Å². The second kappa shape index (κ2) is 5.63. The number of ether oxygens (including phenoxy) is 1. The largest absolute Gasteiger partial charge is 0.421 e. The van der Waals surface area contributed by atoms with Crippen LogP contribution in [0, 0.1) is 6.92 Å². The van der Waals surface area contributed by atoms with E-state index in [-0.39, 0.29) is 11.7 Å². The molecule has 21 heavy (non-hydrogen) atoms. The molecular formula is C13H15F3N4O. The van der Waals surface area contributed by atoms with Gasteiger partial charge in [0.2, 0.25) is 11.8 Å². The molecule has 0 spiro atoms. The summed E-state index contributed by atoms with van der Waals surface area (Å²) >= 11 is 0. The Morgan fingerprint density at radius 1 is 1.29 bits per heavy atom. The van der Waals surface area contributed by atoms with Crippen molar-refractivity contribution in [2.45, 2.75) is 20.0 Å². The van der Waals surface area contributed by atoms with Crippen molar-refractivity contribution in [1.82, 2.24) is 14.8 Å². The van der Waals surface area contributed by atoms with Gasteiger partial charge in [-0.05, 0) is 19.9 Å². The first kappa shape index (κ1) is 15.1. The van der Waals surface area contributed by atoms with Gasteiger partial charge < -0.3 is 10.1 Å².